The molecule has 0 radical (unpaired) electrons. The summed E-state index contributed by atoms with van der Waals surface area (Å²) in [5.74, 6) is -1.97. The van der Waals surface area contributed by atoms with E-state index >= 15 is 0 Å². The number of hydrogen-bond donors (Lipinski definition) is 2. The van der Waals surface area contributed by atoms with Crippen molar-refractivity contribution in [2.24, 2.45) is 11.8 Å². The largest absolute Gasteiger partial charge is 0.461 e. The van der Waals surface area contributed by atoms with Crippen molar-refractivity contribution in [2.75, 3.05) is 53.9 Å². The molecule has 4 unspecified atom stereocenters. The summed E-state index contributed by atoms with van der Waals surface area (Å²) in [6.45, 7) is 5.87. The van der Waals surface area contributed by atoms with Gasteiger partial charge in [0.1, 0.15) is 19.8 Å². The number of nitrogens with one attached hydrogen (secondary N) is 2. The molecule has 2 saturated carbocycles. The average Bonchev–Trinajstić information content (AvgIpc) is 3.12. The summed E-state index contributed by atoms with van der Waals surface area (Å²) in [6.07, 6.45) is 3.15. The summed E-state index contributed by atoms with van der Waals surface area (Å²) in [4.78, 5) is 72.6. The predicted octanol–water partition coefficient (Wildman–Crippen LogP) is 2.98. The van der Waals surface area contributed by atoms with Gasteiger partial charge >= 0.3 is 36.1 Å². The number of amides is 2. The standard InChI is InChI=1S/C35H58N2O15/c1-22(45-6)32(40)50-23(2)30(38)47-19-16-46-17-20-48-31(39)24(3)51-33(41)25(4)52-35(43)37-29-13-9-27(10-14-29)21-26-7-11-28(12-8-26)36-34(42)49-18-15-44-5/h22-29H,7-21H2,1-6H3,(H,36,42)(H,37,43). The third-order valence-electron chi connectivity index (χ3n) is 9.02. The van der Waals surface area contributed by atoms with Crippen LogP contribution in [0.15, 0.2) is 0 Å². The average molecular weight is 747 g/mol. The quantitative estimate of drug-likeness (QED) is 0.0983. The Kier molecular flexibility index (Phi) is 21.0. The highest BCUT2D eigenvalue weighted by molar-refractivity contribution is 5.82. The lowest BCUT2D eigenvalue weighted by Crippen LogP contribution is -2.41. The van der Waals surface area contributed by atoms with E-state index in [0.29, 0.717) is 18.4 Å². The fourth-order valence-electron chi connectivity index (χ4n) is 5.86. The van der Waals surface area contributed by atoms with Gasteiger partial charge in [0, 0.05) is 26.3 Å². The van der Waals surface area contributed by atoms with Crippen molar-refractivity contribution in [3.63, 3.8) is 0 Å². The molecule has 0 spiro atoms. The van der Waals surface area contributed by atoms with Gasteiger partial charge in [0.2, 0.25) is 0 Å². The fourth-order valence-corrected chi connectivity index (χ4v) is 5.86. The van der Waals surface area contributed by atoms with Crippen molar-refractivity contribution in [1.29, 1.82) is 0 Å². The molecule has 2 amide bonds. The normalized spacial score (nSPS) is 22.3. The van der Waals surface area contributed by atoms with E-state index in [1.807, 2.05) is 0 Å². The van der Waals surface area contributed by atoms with E-state index in [9.17, 15) is 28.8 Å². The van der Waals surface area contributed by atoms with Crippen molar-refractivity contribution in [2.45, 2.75) is 122 Å². The van der Waals surface area contributed by atoms with E-state index in [1.165, 1.54) is 34.8 Å². The summed E-state index contributed by atoms with van der Waals surface area (Å²) in [7, 11) is 2.90. The molecule has 52 heavy (non-hydrogen) atoms. The first-order valence-corrected chi connectivity index (χ1v) is 18.1. The summed E-state index contributed by atoms with van der Waals surface area (Å²) in [5, 5.41) is 5.78. The van der Waals surface area contributed by atoms with Gasteiger partial charge in [-0.3, -0.25) is 0 Å². The Hall–Kier alpha value is -3.70. The topological polar surface area (TPSA) is 210 Å². The number of esters is 4. The van der Waals surface area contributed by atoms with Gasteiger partial charge in [-0.15, -0.1) is 0 Å². The van der Waals surface area contributed by atoms with Crippen molar-refractivity contribution in [3.8, 4) is 0 Å². The smallest absolute Gasteiger partial charge is 0.408 e. The Labute approximate surface area is 305 Å². The second-order valence-electron chi connectivity index (χ2n) is 13.1. The number of carbonyl (C=O) groups excluding carboxylic acids is 6. The molecule has 2 aliphatic rings. The van der Waals surface area contributed by atoms with Crippen LogP contribution in [-0.4, -0.2) is 126 Å². The van der Waals surface area contributed by atoms with Crippen molar-refractivity contribution in [3.05, 3.63) is 0 Å². The molecule has 0 bridgehead atoms. The minimum atomic E-state index is -1.25. The van der Waals surface area contributed by atoms with Crippen LogP contribution in [0.25, 0.3) is 0 Å². The van der Waals surface area contributed by atoms with Crippen LogP contribution in [0, 0.1) is 11.8 Å². The molecule has 0 saturated heterocycles. The van der Waals surface area contributed by atoms with Gasteiger partial charge in [0.15, 0.2) is 24.4 Å². The van der Waals surface area contributed by atoms with Gasteiger partial charge in [-0.05, 0) is 97.3 Å². The molecular formula is C35H58N2O15. The summed E-state index contributed by atoms with van der Waals surface area (Å²) in [6, 6.07) is 0.0818. The maximum Gasteiger partial charge on any atom is 0.408 e. The highest BCUT2D eigenvalue weighted by Gasteiger charge is 2.30. The lowest BCUT2D eigenvalue weighted by atomic mass is 9.76. The molecule has 17 nitrogen and oxygen atoms in total. The van der Waals surface area contributed by atoms with Gasteiger partial charge in [-0.25, -0.2) is 28.8 Å². The first-order valence-electron chi connectivity index (χ1n) is 18.1. The first-order chi connectivity index (χ1) is 24.8. The molecule has 0 aromatic heterocycles. The van der Waals surface area contributed by atoms with Gasteiger partial charge in [0.05, 0.1) is 19.8 Å². The molecule has 0 aliphatic heterocycles. The van der Waals surface area contributed by atoms with E-state index in [-0.39, 0.29) is 45.1 Å². The van der Waals surface area contributed by atoms with Gasteiger partial charge < -0.3 is 53.3 Å². The molecule has 0 aromatic carbocycles. The fraction of sp³-hybridized carbons (Fsp3) is 0.829. The Bertz CT molecular complexity index is 1120. The maximum atomic E-state index is 12.5. The molecule has 17 heteroatoms. The lowest BCUT2D eigenvalue weighted by Gasteiger charge is -2.34. The number of carbonyl (C=O) groups is 6. The van der Waals surface area contributed by atoms with Crippen LogP contribution in [0.2, 0.25) is 0 Å². The van der Waals surface area contributed by atoms with Crippen molar-refractivity contribution < 1.29 is 71.4 Å². The molecule has 2 rings (SSSR count). The monoisotopic (exact) mass is 746 g/mol. The van der Waals surface area contributed by atoms with Crippen LogP contribution in [0.4, 0.5) is 9.59 Å². The number of hydrogen-bond acceptors (Lipinski definition) is 15. The molecule has 4 atom stereocenters. The zero-order chi connectivity index (χ0) is 38.5. The number of alkyl carbamates (subject to hydrolysis) is 2. The molecule has 2 aliphatic carbocycles. The van der Waals surface area contributed by atoms with Crippen LogP contribution in [-0.2, 0) is 61.8 Å². The second-order valence-corrected chi connectivity index (χ2v) is 13.1. The molecule has 0 aromatic rings. The highest BCUT2D eigenvalue weighted by Crippen LogP contribution is 2.35. The summed E-state index contributed by atoms with van der Waals surface area (Å²) >= 11 is 0. The van der Waals surface area contributed by atoms with E-state index in [0.717, 1.165) is 57.8 Å². The van der Waals surface area contributed by atoms with E-state index < -0.39 is 60.5 Å². The minimum Gasteiger partial charge on any atom is -0.461 e. The molecular weight excluding hydrogens is 688 g/mol. The Balaban J connectivity index is 1.53. The first kappa shape index (κ1) is 44.5. The summed E-state index contributed by atoms with van der Waals surface area (Å²) in [5.41, 5.74) is 0. The minimum absolute atomic E-state index is 0.00131. The molecule has 2 fully saturated rings. The predicted molar refractivity (Wildman–Crippen MR) is 182 cm³/mol. The third-order valence-corrected chi connectivity index (χ3v) is 9.02. The van der Waals surface area contributed by atoms with Gasteiger partial charge in [-0.2, -0.15) is 0 Å². The van der Waals surface area contributed by atoms with E-state index in [2.05, 4.69) is 10.6 Å². The number of rotatable bonds is 21. The number of ether oxygens (including phenoxy) is 9. The van der Waals surface area contributed by atoms with E-state index in [4.69, 9.17) is 42.6 Å². The van der Waals surface area contributed by atoms with Crippen LogP contribution >= 0.6 is 0 Å². The van der Waals surface area contributed by atoms with Crippen LogP contribution < -0.4 is 10.6 Å². The SMILES string of the molecule is COCCOC(=O)NC1CCC(CC2CCC(NC(=O)OC(C)C(=O)OC(C)C(=O)OCCOCCOC(=O)C(C)OC(=O)C(C)OC)CC2)CC1. The van der Waals surface area contributed by atoms with Gasteiger partial charge in [0.25, 0.3) is 0 Å². The van der Waals surface area contributed by atoms with Crippen LogP contribution in [0.1, 0.15) is 85.5 Å². The van der Waals surface area contributed by atoms with E-state index in [1.54, 1.807) is 7.11 Å². The van der Waals surface area contributed by atoms with Gasteiger partial charge in [-0.1, -0.05) is 0 Å². The number of methoxy groups -OCH3 is 2. The third kappa shape index (κ3) is 17.7. The lowest BCUT2D eigenvalue weighted by molar-refractivity contribution is -0.173. The Morgan fingerprint density at radius 2 is 0.923 bits per heavy atom. The summed E-state index contributed by atoms with van der Waals surface area (Å²) < 4.78 is 45.3. The Morgan fingerprint density at radius 1 is 0.500 bits per heavy atom. The van der Waals surface area contributed by atoms with Crippen molar-refractivity contribution >= 4 is 36.1 Å². The highest BCUT2D eigenvalue weighted by atomic mass is 16.6. The Morgan fingerprint density at radius 3 is 1.38 bits per heavy atom. The molecule has 0 heterocycles. The second kappa shape index (κ2) is 24.5. The zero-order valence-electron chi connectivity index (χ0n) is 31.3. The maximum absolute atomic E-state index is 12.5. The molecule has 298 valence electrons. The van der Waals surface area contributed by atoms with Crippen molar-refractivity contribution in [1.82, 2.24) is 10.6 Å². The van der Waals surface area contributed by atoms with Crippen LogP contribution in [0.3, 0.4) is 0 Å². The van der Waals surface area contributed by atoms with Crippen LogP contribution in [0.5, 0.6) is 0 Å². The molecule has 2 N–H and O–H groups in total. The zero-order valence-corrected chi connectivity index (χ0v) is 31.3.